The van der Waals surface area contributed by atoms with E-state index in [2.05, 4.69) is 15.0 Å². The van der Waals surface area contributed by atoms with Gasteiger partial charge in [0, 0.05) is 6.20 Å². The van der Waals surface area contributed by atoms with Gasteiger partial charge in [0.2, 0.25) is 0 Å². The second-order valence-corrected chi connectivity index (χ2v) is 4.47. The lowest BCUT2D eigenvalue weighted by atomic mass is 10.1. The first kappa shape index (κ1) is 12.3. The van der Waals surface area contributed by atoms with Gasteiger partial charge in [-0.15, -0.1) is 0 Å². The monoisotopic (exact) mass is 266 g/mol. The van der Waals surface area contributed by atoms with Crippen LogP contribution in [0.4, 0.5) is 0 Å². The Morgan fingerprint density at radius 1 is 1.47 bits per heavy atom. The van der Waals surface area contributed by atoms with Crippen LogP contribution in [0.5, 0.6) is 0 Å². The van der Waals surface area contributed by atoms with Gasteiger partial charge in [-0.3, -0.25) is 4.98 Å². The predicted molar refractivity (Wildman–Crippen MR) is 73.9 cm³/mol. The van der Waals surface area contributed by atoms with E-state index in [4.69, 9.17) is 29.6 Å². The smallest absolute Gasteiger partial charge is 0.148 e. The lowest BCUT2D eigenvalue weighted by Gasteiger charge is -2.18. The Hall–Kier alpha value is -1.17. The van der Waals surface area contributed by atoms with Gasteiger partial charge >= 0.3 is 0 Å². The van der Waals surface area contributed by atoms with E-state index >= 15 is 0 Å². The highest BCUT2D eigenvalue weighted by atomic mass is 35.5. The average Bonchev–Trinajstić information content (AvgIpc) is 2.35. The van der Waals surface area contributed by atoms with Gasteiger partial charge in [0.1, 0.15) is 17.2 Å². The number of aromatic nitrogens is 1. The summed E-state index contributed by atoms with van der Waals surface area (Å²) < 4.78 is 0. The maximum Gasteiger partial charge on any atom is 0.148 e. The molecule has 88 valence electrons. The lowest BCUT2D eigenvalue weighted by molar-refractivity contribution is 0.876. The van der Waals surface area contributed by atoms with Crippen molar-refractivity contribution in [3.8, 4) is 0 Å². The maximum absolute atomic E-state index is 5.92. The van der Waals surface area contributed by atoms with Crippen LogP contribution in [0.25, 0.3) is 0 Å². The van der Waals surface area contributed by atoms with E-state index in [0.717, 1.165) is 5.69 Å². The number of hydrogen-bond donors (Lipinski definition) is 1. The highest BCUT2D eigenvalue weighted by Crippen LogP contribution is 2.19. The summed E-state index contributed by atoms with van der Waals surface area (Å²) in [5, 5.41) is 0.250. The molecule has 1 aromatic heterocycles. The molecule has 0 saturated heterocycles. The SMILES string of the molecule is CC(C1=NC(N)C(=S)C(Cl)=N1)c1ccccn1. The molecular formula is C11H11ClN4S. The van der Waals surface area contributed by atoms with E-state index in [1.54, 1.807) is 6.20 Å². The molecule has 0 aromatic carbocycles. The lowest BCUT2D eigenvalue weighted by Crippen LogP contribution is -2.36. The van der Waals surface area contributed by atoms with Crippen molar-refractivity contribution in [2.24, 2.45) is 15.7 Å². The molecule has 0 saturated carbocycles. The van der Waals surface area contributed by atoms with Crippen molar-refractivity contribution in [1.82, 2.24) is 4.98 Å². The summed E-state index contributed by atoms with van der Waals surface area (Å²) in [6.07, 6.45) is 1.14. The molecule has 2 unspecified atom stereocenters. The molecular weight excluding hydrogens is 256 g/mol. The Labute approximate surface area is 110 Å². The van der Waals surface area contributed by atoms with Crippen LogP contribution in [0, 0.1) is 0 Å². The molecule has 0 spiro atoms. The number of nitrogens with two attached hydrogens (primary N) is 1. The highest BCUT2D eigenvalue weighted by Gasteiger charge is 2.23. The number of pyridine rings is 1. The fourth-order valence-corrected chi connectivity index (χ4v) is 1.78. The highest BCUT2D eigenvalue weighted by molar-refractivity contribution is 7.82. The standard InChI is InChI=1S/C11H11ClN4S/c1-6(7-4-2-3-5-14-7)11-15-9(12)8(17)10(13)16-11/h2-6,10H,13H2,1H3. The minimum absolute atomic E-state index is 0.0564. The fraction of sp³-hybridized carbons (Fsp3) is 0.273. The zero-order chi connectivity index (χ0) is 12.4. The van der Waals surface area contributed by atoms with Gasteiger partial charge in [0.25, 0.3) is 0 Å². The number of nitrogens with zero attached hydrogens (tertiary/aromatic N) is 3. The third-order valence-electron chi connectivity index (χ3n) is 2.47. The summed E-state index contributed by atoms with van der Waals surface area (Å²) in [5.41, 5.74) is 6.64. The Morgan fingerprint density at radius 3 is 2.82 bits per heavy atom. The Morgan fingerprint density at radius 2 is 2.24 bits per heavy atom. The minimum atomic E-state index is -0.587. The molecule has 6 heteroatoms. The van der Waals surface area contributed by atoms with Crippen LogP contribution in [0.3, 0.4) is 0 Å². The molecule has 0 aliphatic carbocycles. The molecule has 17 heavy (non-hydrogen) atoms. The van der Waals surface area contributed by atoms with E-state index in [9.17, 15) is 0 Å². The largest absolute Gasteiger partial charge is 0.305 e. The topological polar surface area (TPSA) is 63.6 Å². The van der Waals surface area contributed by atoms with Gasteiger partial charge in [-0.25, -0.2) is 9.98 Å². The molecule has 1 aromatic rings. The number of rotatable bonds is 2. The second-order valence-electron chi connectivity index (χ2n) is 3.68. The first-order valence-corrected chi connectivity index (χ1v) is 5.91. The van der Waals surface area contributed by atoms with Crippen LogP contribution >= 0.6 is 23.8 Å². The summed E-state index contributed by atoms with van der Waals surface area (Å²) in [6.45, 7) is 1.95. The zero-order valence-electron chi connectivity index (χ0n) is 9.17. The third-order valence-corrected chi connectivity index (χ3v) is 3.31. The first-order valence-electron chi connectivity index (χ1n) is 5.12. The van der Waals surface area contributed by atoms with Crippen LogP contribution in [0.1, 0.15) is 18.5 Å². The Kier molecular flexibility index (Phi) is 3.61. The molecule has 0 bridgehead atoms. The van der Waals surface area contributed by atoms with Gasteiger partial charge in [0.15, 0.2) is 0 Å². The van der Waals surface area contributed by atoms with Crippen molar-refractivity contribution in [3.63, 3.8) is 0 Å². The van der Waals surface area contributed by atoms with Crippen molar-refractivity contribution in [2.75, 3.05) is 0 Å². The molecule has 2 N–H and O–H groups in total. The predicted octanol–water partition coefficient (Wildman–Crippen LogP) is 1.89. The molecule has 0 amide bonds. The molecule has 2 rings (SSSR count). The van der Waals surface area contributed by atoms with Crippen LogP contribution in [0.15, 0.2) is 34.4 Å². The first-order chi connectivity index (χ1) is 8.09. The zero-order valence-corrected chi connectivity index (χ0v) is 10.7. The molecule has 4 nitrogen and oxygen atoms in total. The second kappa shape index (κ2) is 5.00. The van der Waals surface area contributed by atoms with Gasteiger partial charge < -0.3 is 5.73 Å². The number of amidine groups is 1. The van der Waals surface area contributed by atoms with Gasteiger partial charge in [-0.2, -0.15) is 0 Å². The summed E-state index contributed by atoms with van der Waals surface area (Å²) in [7, 11) is 0. The van der Waals surface area contributed by atoms with Crippen LogP contribution in [-0.4, -0.2) is 27.0 Å². The number of halogens is 1. The molecule has 2 atom stereocenters. The molecule has 0 radical (unpaired) electrons. The van der Waals surface area contributed by atoms with Crippen molar-refractivity contribution in [1.29, 1.82) is 0 Å². The number of aliphatic imine (C=N–C) groups is 2. The maximum atomic E-state index is 5.92. The quantitative estimate of drug-likeness (QED) is 0.832. The van der Waals surface area contributed by atoms with E-state index in [-0.39, 0.29) is 11.1 Å². The minimum Gasteiger partial charge on any atom is -0.305 e. The van der Waals surface area contributed by atoms with Crippen molar-refractivity contribution in [3.05, 3.63) is 30.1 Å². The number of hydrogen-bond acceptors (Lipinski definition) is 5. The van der Waals surface area contributed by atoms with Gasteiger partial charge in [-0.1, -0.05) is 29.9 Å². The summed E-state index contributed by atoms with van der Waals surface area (Å²) >= 11 is 10.9. The van der Waals surface area contributed by atoms with Crippen LogP contribution in [-0.2, 0) is 0 Å². The van der Waals surface area contributed by atoms with E-state index in [0.29, 0.717) is 10.7 Å². The molecule has 1 aliphatic rings. The normalized spacial score (nSPS) is 21.8. The molecule has 1 aliphatic heterocycles. The summed E-state index contributed by atoms with van der Waals surface area (Å²) in [4.78, 5) is 13.0. The average molecular weight is 267 g/mol. The Bertz CT molecular complexity index is 497. The summed E-state index contributed by atoms with van der Waals surface area (Å²) in [6, 6.07) is 5.68. The van der Waals surface area contributed by atoms with E-state index in [1.165, 1.54) is 0 Å². The molecule has 0 fully saturated rings. The number of thiocarbonyl (C=S) groups is 1. The van der Waals surface area contributed by atoms with Gasteiger partial charge in [0.05, 0.1) is 16.5 Å². The van der Waals surface area contributed by atoms with E-state index < -0.39 is 6.17 Å². The van der Waals surface area contributed by atoms with Crippen molar-refractivity contribution < 1.29 is 0 Å². The van der Waals surface area contributed by atoms with Crippen molar-refractivity contribution >= 4 is 39.7 Å². The molecule has 2 heterocycles. The van der Waals surface area contributed by atoms with Crippen LogP contribution < -0.4 is 5.73 Å². The van der Waals surface area contributed by atoms with E-state index in [1.807, 2.05) is 25.1 Å². The van der Waals surface area contributed by atoms with Gasteiger partial charge in [-0.05, 0) is 19.1 Å². The third kappa shape index (κ3) is 2.57. The van der Waals surface area contributed by atoms with Crippen LogP contribution in [0.2, 0.25) is 0 Å². The summed E-state index contributed by atoms with van der Waals surface area (Å²) in [5.74, 6) is 0.508. The fourth-order valence-electron chi connectivity index (χ4n) is 1.48. The Balaban J connectivity index is 2.30. The van der Waals surface area contributed by atoms with Crippen molar-refractivity contribution in [2.45, 2.75) is 19.0 Å².